The summed E-state index contributed by atoms with van der Waals surface area (Å²) >= 11 is 0. The van der Waals surface area contributed by atoms with Crippen molar-refractivity contribution in [3.05, 3.63) is 35.9 Å². The highest BCUT2D eigenvalue weighted by molar-refractivity contribution is 5.85. The molecule has 0 bridgehead atoms. The number of nitrogens with zero attached hydrogens (tertiary/aromatic N) is 1. The van der Waals surface area contributed by atoms with Gasteiger partial charge in [0, 0.05) is 19.6 Å². The van der Waals surface area contributed by atoms with E-state index in [2.05, 4.69) is 5.32 Å². The van der Waals surface area contributed by atoms with Crippen molar-refractivity contribution < 1.29 is 27.9 Å². The summed E-state index contributed by atoms with van der Waals surface area (Å²) in [5.41, 5.74) is 0.865. The van der Waals surface area contributed by atoms with Crippen LogP contribution in [0.1, 0.15) is 25.3 Å². The average molecular weight is 372 g/mol. The number of rotatable bonds is 7. The van der Waals surface area contributed by atoms with Crippen LogP contribution in [0.2, 0.25) is 0 Å². The smallest absolute Gasteiger partial charge is 0.393 e. The minimum atomic E-state index is -4.52. The Morgan fingerprint density at radius 1 is 1.27 bits per heavy atom. The molecule has 2 N–H and O–H groups in total. The maximum Gasteiger partial charge on any atom is 0.393 e. The second kappa shape index (κ2) is 8.53. The van der Waals surface area contributed by atoms with Gasteiger partial charge >= 0.3 is 12.1 Å². The number of carboxylic acids is 1. The van der Waals surface area contributed by atoms with E-state index in [1.165, 1.54) is 0 Å². The van der Waals surface area contributed by atoms with E-state index >= 15 is 0 Å². The van der Waals surface area contributed by atoms with E-state index in [1.54, 1.807) is 24.0 Å². The van der Waals surface area contributed by atoms with Gasteiger partial charge in [-0.05, 0) is 12.0 Å². The van der Waals surface area contributed by atoms with Crippen LogP contribution in [0.5, 0.6) is 0 Å². The van der Waals surface area contributed by atoms with Crippen molar-refractivity contribution in [2.24, 2.45) is 11.8 Å². The van der Waals surface area contributed by atoms with Crippen LogP contribution in [-0.4, -0.2) is 47.2 Å². The monoisotopic (exact) mass is 372 g/mol. The SMILES string of the molecule is CCCC(NC(=O)[C@@H]1CN(Cc2ccccc2)C[C@H]1C(F)(F)F)C(=O)O. The number of carboxylic acid groups (broad SMARTS) is 1. The molecular formula is C18H23F3N2O3. The highest BCUT2D eigenvalue weighted by atomic mass is 19.4. The molecule has 26 heavy (non-hydrogen) atoms. The van der Waals surface area contributed by atoms with E-state index in [1.807, 2.05) is 18.2 Å². The zero-order valence-corrected chi connectivity index (χ0v) is 14.5. The minimum Gasteiger partial charge on any atom is -0.480 e. The lowest BCUT2D eigenvalue weighted by atomic mass is 9.94. The Morgan fingerprint density at radius 2 is 1.92 bits per heavy atom. The first-order valence-corrected chi connectivity index (χ1v) is 8.58. The van der Waals surface area contributed by atoms with E-state index in [0.29, 0.717) is 13.0 Å². The molecule has 2 rings (SSSR count). The molecule has 0 saturated carbocycles. The molecule has 1 amide bonds. The van der Waals surface area contributed by atoms with Crippen LogP contribution in [0.15, 0.2) is 30.3 Å². The van der Waals surface area contributed by atoms with Gasteiger partial charge in [0.15, 0.2) is 0 Å². The molecule has 1 aliphatic rings. The van der Waals surface area contributed by atoms with E-state index in [9.17, 15) is 22.8 Å². The maximum atomic E-state index is 13.4. The first-order chi connectivity index (χ1) is 12.2. The maximum absolute atomic E-state index is 13.4. The minimum absolute atomic E-state index is 0.0522. The molecule has 3 atom stereocenters. The van der Waals surface area contributed by atoms with E-state index in [-0.39, 0.29) is 19.5 Å². The first-order valence-electron chi connectivity index (χ1n) is 8.58. The number of benzene rings is 1. The molecule has 1 aliphatic heterocycles. The van der Waals surface area contributed by atoms with Gasteiger partial charge in [0.05, 0.1) is 11.8 Å². The third-order valence-electron chi connectivity index (χ3n) is 4.59. The van der Waals surface area contributed by atoms with Crippen molar-refractivity contribution in [1.82, 2.24) is 10.2 Å². The van der Waals surface area contributed by atoms with Gasteiger partial charge in [-0.15, -0.1) is 0 Å². The Morgan fingerprint density at radius 3 is 2.46 bits per heavy atom. The lowest BCUT2D eigenvalue weighted by Crippen LogP contribution is -2.47. The standard InChI is InChI=1S/C18H23F3N2O3/c1-2-6-15(17(25)26)22-16(24)13-10-23(11-14(13)18(19,20)21)9-12-7-4-3-5-8-12/h3-5,7-8,13-15H,2,6,9-11H2,1H3,(H,22,24)(H,25,26)/t13-,14-,15?/m1/s1. The zero-order valence-electron chi connectivity index (χ0n) is 14.5. The molecule has 0 aromatic heterocycles. The van der Waals surface area contributed by atoms with Crippen molar-refractivity contribution in [1.29, 1.82) is 0 Å². The number of alkyl halides is 3. The summed E-state index contributed by atoms with van der Waals surface area (Å²) in [4.78, 5) is 25.2. The molecular weight excluding hydrogens is 349 g/mol. The average Bonchev–Trinajstić information content (AvgIpc) is 2.99. The Bertz CT molecular complexity index is 622. The van der Waals surface area contributed by atoms with Gasteiger partial charge in [-0.3, -0.25) is 9.69 Å². The number of hydrogen-bond acceptors (Lipinski definition) is 3. The molecule has 0 radical (unpaired) electrons. The van der Waals surface area contributed by atoms with Gasteiger partial charge in [0.2, 0.25) is 5.91 Å². The van der Waals surface area contributed by atoms with Crippen LogP contribution in [0.4, 0.5) is 13.2 Å². The molecule has 8 heteroatoms. The zero-order chi connectivity index (χ0) is 19.3. The summed E-state index contributed by atoms with van der Waals surface area (Å²) in [6.07, 6.45) is -3.83. The van der Waals surface area contributed by atoms with Crippen LogP contribution < -0.4 is 5.32 Å². The topological polar surface area (TPSA) is 69.6 Å². The van der Waals surface area contributed by atoms with Gasteiger partial charge in [-0.1, -0.05) is 43.7 Å². The molecule has 0 aliphatic carbocycles. The molecule has 144 valence electrons. The van der Waals surface area contributed by atoms with E-state index in [0.717, 1.165) is 5.56 Å². The third-order valence-corrected chi connectivity index (χ3v) is 4.59. The summed E-state index contributed by atoms with van der Waals surface area (Å²) in [7, 11) is 0. The summed E-state index contributed by atoms with van der Waals surface area (Å²) in [5, 5.41) is 11.4. The fourth-order valence-corrected chi connectivity index (χ4v) is 3.28. The van der Waals surface area contributed by atoms with Crippen molar-refractivity contribution in [3.8, 4) is 0 Å². The van der Waals surface area contributed by atoms with Crippen LogP contribution in [0.3, 0.4) is 0 Å². The molecule has 1 unspecified atom stereocenters. The summed E-state index contributed by atoms with van der Waals surface area (Å²) < 4.78 is 40.2. The number of nitrogens with one attached hydrogen (secondary N) is 1. The Kier molecular flexibility index (Phi) is 6.63. The number of halogens is 3. The van der Waals surface area contributed by atoms with Crippen LogP contribution in [-0.2, 0) is 16.1 Å². The van der Waals surface area contributed by atoms with Gasteiger partial charge in [-0.2, -0.15) is 13.2 Å². The second-order valence-electron chi connectivity index (χ2n) is 6.62. The third kappa shape index (κ3) is 5.20. The number of likely N-dealkylation sites (tertiary alicyclic amines) is 1. The van der Waals surface area contributed by atoms with Crippen molar-refractivity contribution in [2.45, 2.75) is 38.5 Å². The lowest BCUT2D eigenvalue weighted by molar-refractivity contribution is -0.183. The highest BCUT2D eigenvalue weighted by Gasteiger charge is 2.52. The fraction of sp³-hybridized carbons (Fsp3) is 0.556. The summed E-state index contributed by atoms with van der Waals surface area (Å²) in [6.45, 7) is 1.73. The van der Waals surface area contributed by atoms with Gasteiger partial charge in [0.25, 0.3) is 0 Å². The van der Waals surface area contributed by atoms with Crippen molar-refractivity contribution >= 4 is 11.9 Å². The van der Waals surface area contributed by atoms with Gasteiger partial charge < -0.3 is 10.4 Å². The molecule has 0 spiro atoms. The van der Waals surface area contributed by atoms with Crippen LogP contribution in [0, 0.1) is 11.8 Å². The van der Waals surface area contributed by atoms with Gasteiger partial charge in [-0.25, -0.2) is 4.79 Å². The van der Waals surface area contributed by atoms with E-state index in [4.69, 9.17) is 5.11 Å². The fourth-order valence-electron chi connectivity index (χ4n) is 3.28. The molecule has 1 aromatic carbocycles. The van der Waals surface area contributed by atoms with Crippen molar-refractivity contribution in [2.75, 3.05) is 13.1 Å². The molecule has 1 aromatic rings. The van der Waals surface area contributed by atoms with Crippen LogP contribution >= 0.6 is 0 Å². The van der Waals surface area contributed by atoms with Crippen LogP contribution in [0.25, 0.3) is 0 Å². The first kappa shape index (κ1) is 20.2. The number of carbonyl (C=O) groups excluding carboxylic acids is 1. The molecule has 1 heterocycles. The summed E-state index contributed by atoms with van der Waals surface area (Å²) in [5.74, 6) is -5.19. The highest BCUT2D eigenvalue weighted by Crippen LogP contribution is 2.38. The predicted molar refractivity (Wildman–Crippen MR) is 89.2 cm³/mol. The van der Waals surface area contributed by atoms with Gasteiger partial charge in [0.1, 0.15) is 6.04 Å². The summed E-state index contributed by atoms with van der Waals surface area (Å²) in [6, 6.07) is 7.90. The quantitative estimate of drug-likeness (QED) is 0.772. The molecule has 1 saturated heterocycles. The van der Waals surface area contributed by atoms with Crippen molar-refractivity contribution in [3.63, 3.8) is 0 Å². The number of aliphatic carboxylic acids is 1. The Balaban J connectivity index is 2.10. The Hall–Kier alpha value is -2.09. The second-order valence-corrected chi connectivity index (χ2v) is 6.62. The molecule has 5 nitrogen and oxygen atoms in total. The Labute approximate surface area is 150 Å². The van der Waals surface area contributed by atoms with E-state index < -0.39 is 35.9 Å². The number of amides is 1. The largest absolute Gasteiger partial charge is 0.480 e. The number of hydrogen-bond donors (Lipinski definition) is 2. The lowest BCUT2D eigenvalue weighted by Gasteiger charge is -2.22. The predicted octanol–water partition coefficient (Wildman–Crippen LogP) is 2.67. The normalized spacial score (nSPS) is 22.2. The molecule has 1 fully saturated rings. The number of carbonyl (C=O) groups is 2.